The third kappa shape index (κ3) is 37.2. The van der Waals surface area contributed by atoms with Gasteiger partial charge in [-0.3, -0.25) is 14.4 Å². The predicted molar refractivity (Wildman–Crippen MR) is 438 cm³/mol. The normalized spacial score (nSPS) is 16.3. The van der Waals surface area contributed by atoms with Gasteiger partial charge in [0.25, 0.3) is 0 Å². The lowest BCUT2D eigenvalue weighted by molar-refractivity contribution is -0.192. The number of nitrogens with one attached hydrogen (secondary N) is 3. The van der Waals surface area contributed by atoms with E-state index >= 15 is 0 Å². The van der Waals surface area contributed by atoms with Crippen LogP contribution in [0.5, 0.6) is 0 Å². The quantitative estimate of drug-likeness (QED) is 0.0461. The first kappa shape index (κ1) is 101. The van der Waals surface area contributed by atoms with Crippen LogP contribution in [0, 0.1) is 0 Å². The molecule has 110 heavy (non-hydrogen) atoms. The fraction of sp³-hybridized carbons (Fsp3) is 0.636. The van der Waals surface area contributed by atoms with E-state index in [1.165, 1.54) is 64.5 Å². The summed E-state index contributed by atoms with van der Waals surface area (Å²) in [6, 6.07) is 14.1. The molecular weight excluding hydrogens is 1630 g/mol. The van der Waals surface area contributed by atoms with Crippen LogP contribution < -0.4 is 36.4 Å². The van der Waals surface area contributed by atoms with E-state index in [4.69, 9.17) is 34.8 Å². The number of ether oxygens (including phenoxy) is 3. The number of carboxylic acids is 2. The van der Waals surface area contributed by atoms with E-state index in [0.717, 1.165) is 95.5 Å². The van der Waals surface area contributed by atoms with Gasteiger partial charge in [-0.1, -0.05) is 36.1 Å². The number of anilines is 5. The maximum absolute atomic E-state index is 12.6. The first-order chi connectivity index (χ1) is 49.5. The van der Waals surface area contributed by atoms with E-state index in [2.05, 4.69) is 93.4 Å². The van der Waals surface area contributed by atoms with Gasteiger partial charge < -0.3 is 75.5 Å². The van der Waals surface area contributed by atoms with Crippen molar-refractivity contribution >= 4 is 124 Å². The number of nitrogens with zero attached hydrogens (tertiary/aromatic N) is 10. The summed E-state index contributed by atoms with van der Waals surface area (Å²) in [6.45, 7) is 33.7. The lowest BCUT2D eigenvalue weighted by Crippen LogP contribution is -2.57. The van der Waals surface area contributed by atoms with Gasteiger partial charge in [0.1, 0.15) is 59.7 Å². The van der Waals surface area contributed by atoms with Crippen molar-refractivity contribution < 1.29 is 76.0 Å². The van der Waals surface area contributed by atoms with Crippen molar-refractivity contribution in [3.8, 4) is 0 Å². The summed E-state index contributed by atoms with van der Waals surface area (Å²) >= 11 is 9.81. The lowest BCUT2D eigenvalue weighted by atomic mass is 10.1. The number of halogens is 6. The van der Waals surface area contributed by atoms with Crippen molar-refractivity contribution in [3.63, 3.8) is 0 Å². The number of piperidine rings is 4. The summed E-state index contributed by atoms with van der Waals surface area (Å²) in [5, 5.41) is 26.3. The van der Waals surface area contributed by atoms with E-state index in [-0.39, 0.29) is 89.0 Å². The number of carboxylic acid groups (broad SMARTS) is 2. The zero-order chi connectivity index (χ0) is 78.9. The van der Waals surface area contributed by atoms with Gasteiger partial charge in [0.2, 0.25) is 17.7 Å². The molecule has 7 N–H and O–H groups in total. The molecule has 4 aromatic rings. The average Bonchev–Trinajstić information content (AvgIpc) is 0.813. The van der Waals surface area contributed by atoms with Crippen LogP contribution in [0.15, 0.2) is 62.3 Å². The van der Waals surface area contributed by atoms with E-state index in [9.17, 15) is 51.8 Å². The molecule has 3 amide bonds. The number of rotatable bonds is 11. The molecule has 11 rings (SSSR count). The molecule has 27 nitrogen and oxygen atoms in total. The molecule has 4 aromatic heterocycles. The molecule has 0 saturated carbocycles. The van der Waals surface area contributed by atoms with Gasteiger partial charge in [-0.05, 0) is 242 Å². The highest BCUT2D eigenvalue weighted by Gasteiger charge is 2.38. The van der Waals surface area contributed by atoms with Crippen molar-refractivity contribution in [1.29, 1.82) is 0 Å². The second kappa shape index (κ2) is 47.1. The third-order valence-electron chi connectivity index (χ3n) is 16.5. The fourth-order valence-electron chi connectivity index (χ4n) is 11.1. The summed E-state index contributed by atoms with van der Waals surface area (Å²) in [5.74, 6) is -0.840. The zero-order valence-corrected chi connectivity index (χ0v) is 67.7. The second-order valence-electron chi connectivity index (χ2n) is 29.5. The molecule has 11 heterocycles. The maximum atomic E-state index is 12.6. The highest BCUT2D eigenvalue weighted by molar-refractivity contribution is 9.11. The number of amides is 3. The number of aromatic nitrogens is 4. The molecule has 0 unspecified atom stereocenters. The first-order valence-electron chi connectivity index (χ1n) is 35.8. The molecule has 7 fully saturated rings. The first-order valence-corrected chi connectivity index (χ1v) is 38.2. The van der Waals surface area contributed by atoms with Crippen molar-refractivity contribution in [1.82, 2.24) is 40.0 Å². The number of aliphatic carboxylic acids is 1. The third-order valence-corrected chi connectivity index (χ3v) is 17.7. The predicted octanol–water partition coefficient (Wildman–Crippen LogP) is 14.5. The molecule has 0 spiro atoms. The van der Waals surface area contributed by atoms with Crippen LogP contribution in [0.25, 0.3) is 0 Å². The minimum Gasteiger partial charge on any atom is -0.478 e. The van der Waals surface area contributed by atoms with Crippen LogP contribution in [0.2, 0.25) is 0 Å². The number of pyridine rings is 4. The largest absolute Gasteiger partial charge is 0.490 e. The maximum Gasteiger partial charge on any atom is 0.490 e. The number of hydrogen-bond donors (Lipinski definition) is 6. The van der Waals surface area contributed by atoms with Gasteiger partial charge in [-0.15, -0.1) is 0 Å². The Morgan fingerprint density at radius 2 is 0.709 bits per heavy atom. The lowest BCUT2D eigenvalue weighted by Gasteiger charge is -2.39. The van der Waals surface area contributed by atoms with E-state index < -0.39 is 34.9 Å². The van der Waals surface area contributed by atoms with Gasteiger partial charge in [-0.2, -0.15) is 13.2 Å². The van der Waals surface area contributed by atoms with Crippen LogP contribution in [0.3, 0.4) is 0 Å². The average molecular weight is 1750 g/mol. The number of nitrogens with two attached hydrogens (primary N) is 1. The Balaban J connectivity index is 0.000000672. The summed E-state index contributed by atoms with van der Waals surface area (Å²) in [4.78, 5) is 119. The van der Waals surface area contributed by atoms with Gasteiger partial charge >= 0.3 is 36.0 Å². The Morgan fingerprint density at radius 3 is 0.973 bits per heavy atom. The van der Waals surface area contributed by atoms with Crippen LogP contribution in [0.1, 0.15) is 231 Å². The molecule has 0 atom stereocenters. The zero-order valence-electron chi connectivity index (χ0n) is 62.9. The Hall–Kier alpha value is -7.49. The molecule has 7 aliphatic heterocycles. The van der Waals surface area contributed by atoms with Gasteiger partial charge in [0, 0.05) is 105 Å². The summed E-state index contributed by atoms with van der Waals surface area (Å²) in [5.41, 5.74) is 5.65. The fourth-order valence-corrected chi connectivity index (χ4v) is 12.7. The minimum atomic E-state index is -5.08. The molecular formula is C77H122Br3F3N14O13. The number of aromatic carboxylic acids is 1. The smallest absolute Gasteiger partial charge is 0.478 e. The highest BCUT2D eigenvalue weighted by atomic mass is 79.9. The summed E-state index contributed by atoms with van der Waals surface area (Å²) in [7, 11) is 0. The van der Waals surface area contributed by atoms with Crippen molar-refractivity contribution in [2.24, 2.45) is 5.73 Å². The standard InChI is InChI=1S/C20H30N4O3.C16H22N4O3.C15H21BrN2O2.C10H11Br2NO2.C5H10N2O.C5H11N.C2HF3O2.4CH4/c1-14(25)24-12-16(13-24)21-17-10-15(19(26)27-20(2,3)4)11-18(22-17)23-8-6-5-7-9-23;1-11(21)20-9-13(10-20)17-14-7-12(16(22)23)8-15(18-14)19-5-3-2-4-6-19;1-15(2,3)20-14(19)11-9-12(16)17-13(10-11)18-7-5-4-6-8-18;1-10(2,3)15-9(14)6-4-7(11)13-8(12)5-6;1-4(8)7-2-5(6)3-7;1-2-4-6-5-3-1;3-2(4,5)1(6)7;;;;/h10-11,16H,5-9,12-13H2,1-4H3,(H,21,22);7-8,13H,2-6,9-10H2,1H3,(H,17,18)(H,22,23);9-10H,4-8H2,1-3H3;4-5H,1-3H3;5H,2-3,6H2,1H3;6H,1-5H2;(H,6,7);4*1H4. The van der Waals surface area contributed by atoms with Crippen molar-refractivity contribution in [2.75, 3.05) is 117 Å². The molecule has 0 aliphatic carbocycles. The number of carbonyl (C=O) groups excluding carboxylic acids is 6. The minimum absolute atomic E-state index is 0. The summed E-state index contributed by atoms with van der Waals surface area (Å²) < 4.78 is 49.8. The highest BCUT2D eigenvalue weighted by Crippen LogP contribution is 2.29. The van der Waals surface area contributed by atoms with Gasteiger partial charge in [0.15, 0.2) is 0 Å². The van der Waals surface area contributed by atoms with E-state index in [1.54, 1.807) is 71.9 Å². The summed E-state index contributed by atoms with van der Waals surface area (Å²) in [6.07, 6.45) is 9.69. The Bertz CT molecular complexity index is 3550. The van der Waals surface area contributed by atoms with Crippen LogP contribution in [0.4, 0.5) is 42.3 Å². The Kier molecular flexibility index (Phi) is 43.1. The number of alkyl halides is 3. The topological polar surface area (TPSA) is 338 Å². The SMILES string of the molecule is C.C.C.C.C1CCNCC1.CC(=O)N1CC(N)C1.CC(=O)N1CC(Nc2cc(C(=O)O)cc(N3CCCCC3)n2)C1.CC(=O)N1CC(Nc2cc(C(=O)OC(C)(C)C)cc(N3CCCCC3)n2)C1.CC(C)(C)OC(=O)c1cc(Br)nc(Br)c1.CC(C)(C)OC(=O)c1cc(Br)nc(N2CCCCC2)c1.O=C(O)C(F)(F)F. The second-order valence-corrected chi connectivity index (χ2v) is 32.0. The number of hydrogen-bond acceptors (Lipinski definition) is 22. The van der Waals surface area contributed by atoms with E-state index in [0.29, 0.717) is 68.3 Å². The van der Waals surface area contributed by atoms with Crippen LogP contribution >= 0.6 is 47.8 Å². The Morgan fingerprint density at radius 1 is 0.436 bits per heavy atom. The van der Waals surface area contributed by atoms with Crippen molar-refractivity contribution in [2.45, 2.75) is 231 Å². The molecule has 620 valence electrons. The number of carbonyl (C=O) groups is 8. The molecule has 0 radical (unpaired) electrons. The van der Waals surface area contributed by atoms with Crippen LogP contribution in [-0.2, 0) is 33.4 Å². The molecule has 7 aliphatic rings. The number of esters is 3. The molecule has 33 heteroatoms. The molecule has 7 saturated heterocycles. The monoisotopic (exact) mass is 1740 g/mol. The van der Waals surface area contributed by atoms with Crippen LogP contribution in [-0.4, -0.2) is 225 Å². The number of likely N-dealkylation sites (tertiary alicyclic amines) is 3. The molecule has 0 aromatic carbocycles. The van der Waals surface area contributed by atoms with E-state index in [1.807, 2.05) is 74.4 Å². The molecule has 0 bridgehead atoms. The van der Waals surface area contributed by atoms with Crippen molar-refractivity contribution in [3.05, 3.63) is 84.6 Å². The Labute approximate surface area is 674 Å². The van der Waals surface area contributed by atoms with Gasteiger partial charge in [0.05, 0.1) is 34.3 Å². The van der Waals surface area contributed by atoms with Gasteiger partial charge in [-0.25, -0.2) is 43.9 Å².